The summed E-state index contributed by atoms with van der Waals surface area (Å²) >= 11 is 0. The van der Waals surface area contributed by atoms with Crippen molar-refractivity contribution in [3.63, 3.8) is 0 Å². The smallest absolute Gasteiger partial charge is 0.462 e. The van der Waals surface area contributed by atoms with Gasteiger partial charge in [0.15, 0.2) is 6.10 Å². The fourth-order valence-electron chi connectivity index (χ4n) is 5.37. The molecule has 0 rings (SSSR count). The van der Waals surface area contributed by atoms with Crippen LogP contribution in [0.25, 0.3) is 0 Å². The zero-order valence-corrected chi connectivity index (χ0v) is 35.5. The Kier molecular flexibility index (Phi) is 39.2. The quantitative estimate of drug-likeness (QED) is 0.0270. The molecule has 0 saturated carbocycles. The van der Waals surface area contributed by atoms with E-state index in [-0.39, 0.29) is 32.6 Å². The molecule has 9 nitrogen and oxygen atoms in total. The van der Waals surface area contributed by atoms with Crippen LogP contribution < -0.4 is 5.73 Å². The zero-order chi connectivity index (χ0) is 40.3. The van der Waals surface area contributed by atoms with Crippen LogP contribution in [-0.4, -0.2) is 49.3 Å². The number of phosphoric ester groups is 1. The van der Waals surface area contributed by atoms with Gasteiger partial charge in [0.1, 0.15) is 6.61 Å². The van der Waals surface area contributed by atoms with Crippen molar-refractivity contribution < 1.29 is 37.6 Å². The summed E-state index contributed by atoms with van der Waals surface area (Å²) in [5, 5.41) is 0. The lowest BCUT2D eigenvalue weighted by Gasteiger charge is -2.19. The molecule has 0 amide bonds. The lowest BCUT2D eigenvalue weighted by Crippen LogP contribution is -2.29. The van der Waals surface area contributed by atoms with Crippen molar-refractivity contribution in [3.05, 3.63) is 72.9 Å². The minimum absolute atomic E-state index is 0.0394. The third-order valence-corrected chi connectivity index (χ3v) is 9.56. The Morgan fingerprint density at radius 3 is 1.51 bits per heavy atom. The van der Waals surface area contributed by atoms with E-state index < -0.39 is 32.5 Å². The Morgan fingerprint density at radius 1 is 0.545 bits per heavy atom. The first-order valence-corrected chi connectivity index (χ1v) is 22.9. The molecule has 316 valence electrons. The summed E-state index contributed by atoms with van der Waals surface area (Å²) in [5.41, 5.74) is 5.34. The number of rotatable bonds is 39. The Balaban J connectivity index is 4.25. The van der Waals surface area contributed by atoms with Gasteiger partial charge in [0, 0.05) is 19.4 Å². The first-order valence-electron chi connectivity index (χ1n) is 21.4. The molecule has 0 aromatic heterocycles. The van der Waals surface area contributed by atoms with Gasteiger partial charge in [-0.15, -0.1) is 0 Å². The summed E-state index contributed by atoms with van der Waals surface area (Å²) in [6, 6.07) is 0. The molecule has 2 unspecified atom stereocenters. The van der Waals surface area contributed by atoms with Crippen LogP contribution >= 0.6 is 7.82 Å². The molecule has 55 heavy (non-hydrogen) atoms. The van der Waals surface area contributed by atoms with E-state index in [9.17, 15) is 19.0 Å². The van der Waals surface area contributed by atoms with Crippen LogP contribution in [-0.2, 0) is 32.7 Å². The number of esters is 2. The van der Waals surface area contributed by atoms with E-state index >= 15 is 0 Å². The monoisotopic (exact) mass is 792 g/mol. The minimum Gasteiger partial charge on any atom is -0.462 e. The second-order valence-electron chi connectivity index (χ2n) is 13.8. The SMILES string of the molecule is CCCCC/C=C/C/C=C/C/C=C/C/C=C/CCCCCCCC(=O)OCC(COP(=O)(O)OCCN)OC(=O)CC/C=C/C/C=C/CCCCCCCC. The van der Waals surface area contributed by atoms with Gasteiger partial charge in [-0.05, 0) is 77.0 Å². The standard InChI is InChI=1S/C45H78NO8P/c1-3-5-7-9-11-13-15-17-18-19-20-21-22-23-24-26-27-29-31-33-35-37-44(47)51-41-43(42-53-55(49,50)52-40-39-46)54-45(48)38-36-34-32-30-28-25-16-14-12-10-8-6-4-2/h11,13,17-18,20-21,23-25,28,32,34,43H,3-10,12,14-16,19,22,26-27,29-31,33,35-42,46H2,1-2H3,(H,49,50)/b13-11+,18-17+,21-20+,24-23+,28-25+,34-32+. The minimum atomic E-state index is -4.40. The Bertz CT molecular complexity index is 1130. The topological polar surface area (TPSA) is 134 Å². The third-order valence-electron chi connectivity index (χ3n) is 8.58. The zero-order valence-electron chi connectivity index (χ0n) is 34.6. The number of carbonyl (C=O) groups is 2. The molecule has 0 bridgehead atoms. The number of phosphoric acid groups is 1. The number of unbranched alkanes of at least 4 members (excludes halogenated alkanes) is 14. The van der Waals surface area contributed by atoms with Gasteiger partial charge in [0.25, 0.3) is 0 Å². The van der Waals surface area contributed by atoms with Crippen molar-refractivity contribution in [3.8, 4) is 0 Å². The van der Waals surface area contributed by atoms with Crippen LogP contribution in [0.3, 0.4) is 0 Å². The molecule has 0 radical (unpaired) electrons. The van der Waals surface area contributed by atoms with E-state index in [4.69, 9.17) is 24.3 Å². The van der Waals surface area contributed by atoms with Crippen LogP contribution in [0.15, 0.2) is 72.9 Å². The molecule has 0 saturated heterocycles. The average Bonchev–Trinajstić information content (AvgIpc) is 3.17. The molecule has 0 aromatic carbocycles. The van der Waals surface area contributed by atoms with Crippen LogP contribution in [0.1, 0.15) is 168 Å². The number of hydrogen-bond acceptors (Lipinski definition) is 8. The Labute approximate surface area is 335 Å². The van der Waals surface area contributed by atoms with Crippen LogP contribution in [0, 0.1) is 0 Å². The second kappa shape index (κ2) is 41.1. The molecule has 0 fully saturated rings. The maximum absolute atomic E-state index is 12.5. The highest BCUT2D eigenvalue weighted by Gasteiger charge is 2.25. The van der Waals surface area contributed by atoms with E-state index in [1.54, 1.807) is 0 Å². The maximum atomic E-state index is 12.5. The first kappa shape index (κ1) is 52.5. The van der Waals surface area contributed by atoms with Crippen molar-refractivity contribution in [2.24, 2.45) is 5.73 Å². The molecular formula is C45H78NO8P. The van der Waals surface area contributed by atoms with Crippen molar-refractivity contribution in [1.82, 2.24) is 0 Å². The lowest BCUT2D eigenvalue weighted by atomic mass is 10.1. The van der Waals surface area contributed by atoms with Crippen molar-refractivity contribution in [2.75, 3.05) is 26.4 Å². The molecule has 0 aromatic rings. The summed E-state index contributed by atoms with van der Waals surface area (Å²) in [6.45, 7) is 3.59. The molecule has 0 aliphatic heterocycles. The number of allylic oxidation sites excluding steroid dienone is 12. The van der Waals surface area contributed by atoms with E-state index in [2.05, 4.69) is 74.6 Å². The molecule has 10 heteroatoms. The van der Waals surface area contributed by atoms with Gasteiger partial charge < -0.3 is 20.1 Å². The molecule has 0 aliphatic carbocycles. The summed E-state index contributed by atoms with van der Waals surface area (Å²) in [6.07, 6.45) is 49.5. The maximum Gasteiger partial charge on any atom is 0.472 e. The number of nitrogens with two attached hydrogens (primary N) is 1. The highest BCUT2D eigenvalue weighted by molar-refractivity contribution is 7.47. The van der Waals surface area contributed by atoms with Gasteiger partial charge in [0.2, 0.25) is 0 Å². The van der Waals surface area contributed by atoms with Gasteiger partial charge in [-0.25, -0.2) is 4.57 Å². The van der Waals surface area contributed by atoms with Crippen molar-refractivity contribution >= 4 is 19.8 Å². The number of ether oxygens (including phenoxy) is 2. The van der Waals surface area contributed by atoms with Gasteiger partial charge >= 0.3 is 19.8 Å². The highest BCUT2D eigenvalue weighted by atomic mass is 31.2. The van der Waals surface area contributed by atoms with Gasteiger partial charge in [-0.2, -0.15) is 0 Å². The summed E-state index contributed by atoms with van der Waals surface area (Å²) < 4.78 is 32.6. The van der Waals surface area contributed by atoms with E-state index in [1.807, 2.05) is 12.2 Å². The van der Waals surface area contributed by atoms with Gasteiger partial charge in [0.05, 0.1) is 13.2 Å². The summed E-state index contributed by atoms with van der Waals surface area (Å²) in [7, 11) is -4.40. The fourth-order valence-corrected chi connectivity index (χ4v) is 6.14. The number of hydrogen-bond donors (Lipinski definition) is 2. The predicted octanol–water partition coefficient (Wildman–Crippen LogP) is 12.3. The van der Waals surface area contributed by atoms with Crippen molar-refractivity contribution in [1.29, 1.82) is 0 Å². The molecule has 3 N–H and O–H groups in total. The normalized spacial score (nSPS) is 14.0. The highest BCUT2D eigenvalue weighted by Crippen LogP contribution is 2.43. The van der Waals surface area contributed by atoms with E-state index in [0.717, 1.165) is 64.2 Å². The Morgan fingerprint density at radius 2 is 0.982 bits per heavy atom. The largest absolute Gasteiger partial charge is 0.472 e. The van der Waals surface area contributed by atoms with Crippen LogP contribution in [0.5, 0.6) is 0 Å². The van der Waals surface area contributed by atoms with E-state index in [0.29, 0.717) is 12.8 Å². The molecule has 2 atom stereocenters. The predicted molar refractivity (Wildman–Crippen MR) is 229 cm³/mol. The fraction of sp³-hybridized carbons (Fsp3) is 0.689. The van der Waals surface area contributed by atoms with Crippen molar-refractivity contribution in [2.45, 2.75) is 174 Å². The number of carbonyl (C=O) groups excluding carboxylic acids is 2. The van der Waals surface area contributed by atoms with Gasteiger partial charge in [-0.1, -0.05) is 151 Å². The summed E-state index contributed by atoms with van der Waals surface area (Å²) in [5.74, 6) is -0.934. The molecule has 0 spiro atoms. The van der Waals surface area contributed by atoms with Crippen LogP contribution in [0.2, 0.25) is 0 Å². The average molecular weight is 792 g/mol. The molecular weight excluding hydrogens is 713 g/mol. The lowest BCUT2D eigenvalue weighted by molar-refractivity contribution is -0.161. The van der Waals surface area contributed by atoms with Gasteiger partial charge in [-0.3, -0.25) is 18.6 Å². The second-order valence-corrected chi connectivity index (χ2v) is 15.3. The van der Waals surface area contributed by atoms with E-state index in [1.165, 1.54) is 64.2 Å². The van der Waals surface area contributed by atoms with Crippen LogP contribution in [0.4, 0.5) is 0 Å². The Hall–Kier alpha value is -2.55. The third kappa shape index (κ3) is 40.9. The summed E-state index contributed by atoms with van der Waals surface area (Å²) in [4.78, 5) is 34.8. The molecule has 0 heterocycles. The molecule has 0 aliphatic rings. The first-order chi connectivity index (χ1) is 26.8.